The summed E-state index contributed by atoms with van der Waals surface area (Å²) < 4.78 is 0. The van der Waals surface area contributed by atoms with Crippen molar-refractivity contribution in [3.63, 3.8) is 0 Å². The molecule has 1 saturated heterocycles. The molecule has 5 heteroatoms. The molecule has 2 heterocycles. The number of rotatable bonds is 3. The lowest BCUT2D eigenvalue weighted by atomic mass is 10.2. The fraction of sp³-hybridized carbons (Fsp3) is 0.571. The van der Waals surface area contributed by atoms with Crippen LogP contribution >= 0.6 is 0 Å². The second-order valence-electron chi connectivity index (χ2n) is 4.90. The van der Waals surface area contributed by atoms with Gasteiger partial charge in [-0.2, -0.15) is 0 Å². The molecule has 1 N–H and O–H groups in total. The Morgan fingerprint density at radius 2 is 2.21 bits per heavy atom. The monoisotopic (exact) mass is 263 g/mol. The molecule has 19 heavy (non-hydrogen) atoms. The first-order valence-electron chi connectivity index (χ1n) is 6.76. The number of hydrogen-bond donors (Lipinski definition) is 1. The highest BCUT2D eigenvalue weighted by atomic mass is 16.3. The summed E-state index contributed by atoms with van der Waals surface area (Å²) in [4.78, 5) is 20.6. The maximum atomic E-state index is 12.4. The lowest BCUT2D eigenvalue weighted by Gasteiger charge is -2.21. The van der Waals surface area contributed by atoms with Crippen LogP contribution in [0, 0.1) is 6.92 Å². The van der Waals surface area contributed by atoms with Crippen LogP contribution in [-0.4, -0.2) is 65.1 Å². The minimum absolute atomic E-state index is 0.0800. The molecule has 104 valence electrons. The van der Waals surface area contributed by atoms with E-state index >= 15 is 0 Å². The minimum atomic E-state index is 0.0800. The van der Waals surface area contributed by atoms with Crippen LogP contribution in [0.15, 0.2) is 18.3 Å². The van der Waals surface area contributed by atoms with Crippen molar-refractivity contribution in [3.05, 3.63) is 29.6 Å². The molecule has 1 aliphatic heterocycles. The lowest BCUT2D eigenvalue weighted by molar-refractivity contribution is 0.0760. The molecule has 1 aromatic heterocycles. The molecule has 0 saturated carbocycles. The SMILES string of the molecule is Cc1cc(C(=O)N2CCCN(CCO)CC2)ccn1. The van der Waals surface area contributed by atoms with Crippen molar-refractivity contribution in [2.75, 3.05) is 39.3 Å². The summed E-state index contributed by atoms with van der Waals surface area (Å²) >= 11 is 0. The topological polar surface area (TPSA) is 56.7 Å². The van der Waals surface area contributed by atoms with Crippen LogP contribution in [-0.2, 0) is 0 Å². The molecule has 0 aliphatic carbocycles. The summed E-state index contributed by atoms with van der Waals surface area (Å²) in [6.07, 6.45) is 2.63. The Bertz CT molecular complexity index is 436. The second kappa shape index (κ2) is 6.63. The average Bonchev–Trinajstić information content (AvgIpc) is 2.64. The largest absolute Gasteiger partial charge is 0.395 e. The number of amides is 1. The van der Waals surface area contributed by atoms with Crippen LogP contribution in [0.5, 0.6) is 0 Å². The van der Waals surface area contributed by atoms with Gasteiger partial charge in [0.1, 0.15) is 0 Å². The van der Waals surface area contributed by atoms with E-state index < -0.39 is 0 Å². The number of β-amino-alcohol motifs (C(OH)–C–C–N with tert-alkyl or cyclic N) is 1. The number of hydrogen-bond acceptors (Lipinski definition) is 4. The van der Waals surface area contributed by atoms with Gasteiger partial charge in [0.15, 0.2) is 0 Å². The van der Waals surface area contributed by atoms with Crippen molar-refractivity contribution in [3.8, 4) is 0 Å². The first-order valence-corrected chi connectivity index (χ1v) is 6.76. The Labute approximate surface area is 113 Å². The van der Waals surface area contributed by atoms with Gasteiger partial charge in [-0.3, -0.25) is 14.7 Å². The van der Waals surface area contributed by atoms with Crippen LogP contribution in [0.4, 0.5) is 0 Å². The highest BCUT2D eigenvalue weighted by Gasteiger charge is 2.20. The van der Waals surface area contributed by atoms with Gasteiger partial charge in [-0.25, -0.2) is 0 Å². The Kier molecular flexibility index (Phi) is 4.87. The highest BCUT2D eigenvalue weighted by molar-refractivity contribution is 5.94. The molecule has 0 atom stereocenters. The zero-order chi connectivity index (χ0) is 13.7. The van der Waals surface area contributed by atoms with Gasteiger partial charge in [-0.1, -0.05) is 0 Å². The molecule has 0 unspecified atom stereocenters. The lowest BCUT2D eigenvalue weighted by Crippen LogP contribution is -2.35. The van der Waals surface area contributed by atoms with Gasteiger partial charge in [0.25, 0.3) is 5.91 Å². The third-order valence-electron chi connectivity index (χ3n) is 3.44. The van der Waals surface area contributed by atoms with Gasteiger partial charge in [-0.05, 0) is 32.0 Å². The van der Waals surface area contributed by atoms with Gasteiger partial charge < -0.3 is 10.0 Å². The number of pyridine rings is 1. The summed E-state index contributed by atoms with van der Waals surface area (Å²) in [5, 5.41) is 8.96. The summed E-state index contributed by atoms with van der Waals surface area (Å²) in [6.45, 7) is 6.04. The molecule has 0 spiro atoms. The first kappa shape index (κ1) is 14.0. The van der Waals surface area contributed by atoms with E-state index in [0.717, 1.165) is 38.3 Å². The fourth-order valence-electron chi connectivity index (χ4n) is 2.40. The highest BCUT2D eigenvalue weighted by Crippen LogP contribution is 2.09. The van der Waals surface area contributed by atoms with Gasteiger partial charge in [0.05, 0.1) is 6.61 Å². The number of carbonyl (C=O) groups excluding carboxylic acids is 1. The third-order valence-corrected chi connectivity index (χ3v) is 3.44. The van der Waals surface area contributed by atoms with Crippen molar-refractivity contribution in [1.82, 2.24) is 14.8 Å². The van der Waals surface area contributed by atoms with E-state index in [9.17, 15) is 4.79 Å². The Morgan fingerprint density at radius 3 is 2.95 bits per heavy atom. The molecule has 0 bridgehead atoms. The Balaban J connectivity index is 2.00. The van der Waals surface area contributed by atoms with Gasteiger partial charge in [0, 0.05) is 43.6 Å². The van der Waals surface area contributed by atoms with E-state index in [0.29, 0.717) is 12.1 Å². The zero-order valence-electron chi connectivity index (χ0n) is 11.4. The predicted molar refractivity (Wildman–Crippen MR) is 73.0 cm³/mol. The van der Waals surface area contributed by atoms with Crippen LogP contribution in [0.2, 0.25) is 0 Å². The number of aryl methyl sites for hydroxylation is 1. The summed E-state index contributed by atoms with van der Waals surface area (Å²) in [5.41, 5.74) is 1.57. The maximum Gasteiger partial charge on any atom is 0.254 e. The Morgan fingerprint density at radius 1 is 1.37 bits per heavy atom. The van der Waals surface area contributed by atoms with Gasteiger partial charge in [-0.15, -0.1) is 0 Å². The van der Waals surface area contributed by atoms with Crippen molar-refractivity contribution in [2.45, 2.75) is 13.3 Å². The molecule has 1 aliphatic rings. The molecule has 1 fully saturated rings. The molecule has 1 aromatic rings. The smallest absolute Gasteiger partial charge is 0.254 e. The second-order valence-corrected chi connectivity index (χ2v) is 4.90. The fourth-order valence-corrected chi connectivity index (χ4v) is 2.40. The van der Waals surface area contributed by atoms with Crippen LogP contribution in [0.3, 0.4) is 0 Å². The minimum Gasteiger partial charge on any atom is -0.395 e. The molecule has 0 aromatic carbocycles. The van der Waals surface area contributed by atoms with E-state index in [1.54, 1.807) is 12.3 Å². The van der Waals surface area contributed by atoms with E-state index in [4.69, 9.17) is 5.11 Å². The van der Waals surface area contributed by atoms with Crippen LogP contribution < -0.4 is 0 Å². The van der Waals surface area contributed by atoms with E-state index in [1.807, 2.05) is 17.9 Å². The normalized spacial score (nSPS) is 17.3. The molecule has 2 rings (SSSR count). The standard InChI is InChI=1S/C14H21N3O2/c1-12-11-13(3-4-15-12)14(19)17-6-2-5-16(7-8-17)9-10-18/h3-4,11,18H,2,5-10H2,1H3. The van der Waals surface area contributed by atoms with Crippen molar-refractivity contribution in [1.29, 1.82) is 0 Å². The molecule has 5 nitrogen and oxygen atoms in total. The average molecular weight is 263 g/mol. The Hall–Kier alpha value is -1.46. The number of aliphatic hydroxyl groups is 1. The van der Waals surface area contributed by atoms with Crippen molar-refractivity contribution >= 4 is 5.91 Å². The van der Waals surface area contributed by atoms with Crippen LogP contribution in [0.25, 0.3) is 0 Å². The molecular formula is C14H21N3O2. The van der Waals surface area contributed by atoms with E-state index in [1.165, 1.54) is 0 Å². The van der Waals surface area contributed by atoms with Crippen molar-refractivity contribution in [2.24, 2.45) is 0 Å². The number of aliphatic hydroxyl groups excluding tert-OH is 1. The van der Waals surface area contributed by atoms with Crippen molar-refractivity contribution < 1.29 is 9.90 Å². The van der Waals surface area contributed by atoms with E-state index in [-0.39, 0.29) is 12.5 Å². The first-order chi connectivity index (χ1) is 9.20. The maximum absolute atomic E-state index is 12.4. The number of nitrogens with zero attached hydrogens (tertiary/aromatic N) is 3. The predicted octanol–water partition coefficient (Wildman–Crippen LogP) is 0.530. The molecule has 0 radical (unpaired) electrons. The third kappa shape index (κ3) is 3.75. The molecular weight excluding hydrogens is 242 g/mol. The van der Waals surface area contributed by atoms with Gasteiger partial charge >= 0.3 is 0 Å². The molecule has 1 amide bonds. The summed E-state index contributed by atoms with van der Waals surface area (Å²) in [5.74, 6) is 0.0800. The quantitative estimate of drug-likeness (QED) is 0.864. The number of carbonyl (C=O) groups is 1. The number of aromatic nitrogens is 1. The zero-order valence-corrected chi connectivity index (χ0v) is 11.4. The van der Waals surface area contributed by atoms with Crippen LogP contribution in [0.1, 0.15) is 22.5 Å². The summed E-state index contributed by atoms with van der Waals surface area (Å²) in [6, 6.07) is 3.60. The van der Waals surface area contributed by atoms with E-state index in [2.05, 4.69) is 9.88 Å². The summed E-state index contributed by atoms with van der Waals surface area (Å²) in [7, 11) is 0. The van der Waals surface area contributed by atoms with Gasteiger partial charge in [0.2, 0.25) is 0 Å².